The van der Waals surface area contributed by atoms with Crippen LogP contribution >= 0.6 is 11.8 Å². The number of amides is 1. The van der Waals surface area contributed by atoms with Crippen LogP contribution in [0, 0.1) is 0 Å². The van der Waals surface area contributed by atoms with Crippen LogP contribution in [-0.2, 0) is 4.79 Å². The summed E-state index contributed by atoms with van der Waals surface area (Å²) in [6, 6.07) is 4.13. The van der Waals surface area contributed by atoms with Crippen molar-refractivity contribution in [2.24, 2.45) is 5.73 Å². The quantitative estimate of drug-likeness (QED) is 0.871. The number of anilines is 1. The number of nitrogens with two attached hydrogens (primary N) is 1. The molecule has 1 atom stereocenters. The Balaban J connectivity index is 1.61. The number of carbonyl (C=O) groups is 1. The Labute approximate surface area is 145 Å². The van der Waals surface area contributed by atoms with E-state index >= 15 is 0 Å². The van der Waals surface area contributed by atoms with E-state index in [9.17, 15) is 4.79 Å². The third-order valence-corrected chi connectivity index (χ3v) is 5.54. The average Bonchev–Trinajstić information content (AvgIpc) is 3.10. The number of hydrogen-bond acceptors (Lipinski definition) is 5. The monoisotopic (exact) mass is 343 g/mol. The maximum Gasteiger partial charge on any atom is 0.261 e. The number of hydrogen-bond donors (Lipinski definition) is 2. The molecule has 2 aromatic rings. The van der Waals surface area contributed by atoms with Crippen molar-refractivity contribution in [3.63, 3.8) is 0 Å². The molecule has 3 N–H and O–H groups in total. The van der Waals surface area contributed by atoms with E-state index in [1.807, 2.05) is 29.4 Å². The lowest BCUT2D eigenvalue weighted by atomic mass is 10.1. The van der Waals surface area contributed by atoms with Gasteiger partial charge in [-0.25, -0.2) is 4.98 Å². The van der Waals surface area contributed by atoms with Gasteiger partial charge >= 0.3 is 0 Å². The number of rotatable bonds is 2. The summed E-state index contributed by atoms with van der Waals surface area (Å²) in [7, 11) is 0. The summed E-state index contributed by atoms with van der Waals surface area (Å²) >= 11 is 1.64. The zero-order valence-corrected chi connectivity index (χ0v) is 14.3. The minimum absolute atomic E-state index is 0.104. The Kier molecular flexibility index (Phi) is 4.20. The fraction of sp³-hybridized carbons (Fsp3) is 0.412. The van der Waals surface area contributed by atoms with E-state index in [1.54, 1.807) is 18.0 Å². The van der Waals surface area contributed by atoms with Gasteiger partial charge in [-0.15, -0.1) is 11.8 Å². The predicted molar refractivity (Wildman–Crippen MR) is 97.8 cm³/mol. The van der Waals surface area contributed by atoms with Gasteiger partial charge in [-0.05, 0) is 25.0 Å². The number of nitrogens with one attached hydrogen (secondary N) is 1. The predicted octanol–water partition coefficient (Wildman–Crippen LogP) is 1.91. The Bertz CT molecular complexity index is 786. The number of nitrogens with zero attached hydrogens (tertiary/aromatic N) is 3. The molecule has 1 amide bonds. The maximum atomic E-state index is 12.8. The molecule has 2 aliphatic rings. The third kappa shape index (κ3) is 2.89. The van der Waals surface area contributed by atoms with Crippen LogP contribution < -0.4 is 10.6 Å². The van der Waals surface area contributed by atoms with Crippen molar-refractivity contribution >= 4 is 34.4 Å². The number of aromatic amines is 1. The van der Waals surface area contributed by atoms with Gasteiger partial charge in [-0.2, -0.15) is 0 Å². The Hall–Kier alpha value is -1.99. The van der Waals surface area contributed by atoms with Crippen LogP contribution in [0.2, 0.25) is 0 Å². The van der Waals surface area contributed by atoms with E-state index in [0.717, 1.165) is 53.3 Å². The summed E-state index contributed by atoms with van der Waals surface area (Å²) in [5.74, 6) is 1.00. The molecule has 2 aliphatic heterocycles. The lowest BCUT2D eigenvalue weighted by Gasteiger charge is -2.33. The molecule has 2 aromatic heterocycles. The normalized spacial score (nSPS) is 21.9. The van der Waals surface area contributed by atoms with E-state index in [4.69, 9.17) is 5.73 Å². The molecule has 0 saturated carbocycles. The smallest absolute Gasteiger partial charge is 0.261 e. The molecule has 4 rings (SSSR count). The fourth-order valence-corrected chi connectivity index (χ4v) is 4.31. The van der Waals surface area contributed by atoms with E-state index in [1.165, 1.54) is 0 Å². The van der Waals surface area contributed by atoms with Crippen molar-refractivity contribution < 1.29 is 4.79 Å². The summed E-state index contributed by atoms with van der Waals surface area (Å²) in [4.78, 5) is 25.2. The van der Waals surface area contributed by atoms with Crippen molar-refractivity contribution in [3.05, 3.63) is 35.6 Å². The van der Waals surface area contributed by atoms with Gasteiger partial charge in [-0.3, -0.25) is 4.79 Å². The summed E-state index contributed by atoms with van der Waals surface area (Å²) in [6.45, 7) is 2.35. The van der Waals surface area contributed by atoms with Crippen molar-refractivity contribution in [1.82, 2.24) is 14.9 Å². The first-order valence-corrected chi connectivity index (χ1v) is 9.29. The van der Waals surface area contributed by atoms with E-state index < -0.39 is 0 Å². The number of thioether (sulfide) groups is 1. The molecular formula is C17H21N5OS. The van der Waals surface area contributed by atoms with Gasteiger partial charge in [0.1, 0.15) is 5.65 Å². The zero-order valence-electron chi connectivity index (χ0n) is 13.4. The molecule has 4 heterocycles. The van der Waals surface area contributed by atoms with Crippen LogP contribution in [0.25, 0.3) is 11.0 Å². The molecule has 0 radical (unpaired) electrons. The van der Waals surface area contributed by atoms with Gasteiger partial charge in [0.05, 0.1) is 10.6 Å². The van der Waals surface area contributed by atoms with Gasteiger partial charge < -0.3 is 20.5 Å². The molecule has 0 aromatic carbocycles. The number of H-pyrrole nitrogens is 1. The first kappa shape index (κ1) is 15.5. The van der Waals surface area contributed by atoms with E-state index in [2.05, 4.69) is 14.9 Å². The number of aromatic nitrogens is 2. The summed E-state index contributed by atoms with van der Waals surface area (Å²) in [6.07, 6.45) is 7.67. The SMILES string of the molecule is N[C@@H]1CCCN(C(=O)C2=CN(c3ccnc4[nH]ccc34)CCS2)C1. The molecule has 24 heavy (non-hydrogen) atoms. The Morgan fingerprint density at radius 1 is 1.38 bits per heavy atom. The second kappa shape index (κ2) is 6.49. The number of carbonyl (C=O) groups excluding carboxylic acids is 1. The van der Waals surface area contributed by atoms with E-state index in [-0.39, 0.29) is 11.9 Å². The van der Waals surface area contributed by atoms with Crippen LogP contribution in [0.1, 0.15) is 12.8 Å². The molecule has 6 nitrogen and oxygen atoms in total. The van der Waals surface area contributed by atoms with Crippen LogP contribution in [0.5, 0.6) is 0 Å². The van der Waals surface area contributed by atoms with E-state index in [0.29, 0.717) is 6.54 Å². The lowest BCUT2D eigenvalue weighted by Crippen LogP contribution is -2.46. The third-order valence-electron chi connectivity index (χ3n) is 4.57. The molecule has 0 spiro atoms. The first-order valence-electron chi connectivity index (χ1n) is 8.30. The Morgan fingerprint density at radius 2 is 2.29 bits per heavy atom. The highest BCUT2D eigenvalue weighted by molar-refractivity contribution is 8.04. The number of fused-ring (bicyclic) bond motifs is 1. The van der Waals surface area contributed by atoms with Crippen LogP contribution in [0.15, 0.2) is 35.6 Å². The molecule has 0 aliphatic carbocycles. The zero-order chi connectivity index (χ0) is 16.5. The topological polar surface area (TPSA) is 78.2 Å². The average molecular weight is 343 g/mol. The number of likely N-dealkylation sites (tertiary alicyclic amines) is 1. The molecule has 0 unspecified atom stereocenters. The highest BCUT2D eigenvalue weighted by atomic mass is 32.2. The summed E-state index contributed by atoms with van der Waals surface area (Å²) < 4.78 is 0. The van der Waals surface area contributed by atoms with Crippen LogP contribution in [0.3, 0.4) is 0 Å². The lowest BCUT2D eigenvalue weighted by molar-refractivity contribution is -0.127. The molecule has 7 heteroatoms. The standard InChI is InChI=1S/C17H21N5OS/c18-12-2-1-7-22(10-12)17(23)15-11-21(8-9-24-15)14-4-6-20-16-13(14)3-5-19-16/h3-6,11-12H,1-2,7-10,18H2,(H,19,20)/t12-/m1/s1. The summed E-state index contributed by atoms with van der Waals surface area (Å²) in [5, 5.41) is 1.08. The number of piperidine rings is 1. The van der Waals surface area contributed by atoms with Gasteiger partial charge in [0.2, 0.25) is 0 Å². The van der Waals surface area contributed by atoms with Crippen LogP contribution in [0.4, 0.5) is 5.69 Å². The Morgan fingerprint density at radius 3 is 3.17 bits per heavy atom. The van der Waals surface area contributed by atoms with Crippen LogP contribution in [-0.4, -0.2) is 52.2 Å². The van der Waals surface area contributed by atoms with Crippen molar-refractivity contribution in [2.45, 2.75) is 18.9 Å². The van der Waals surface area contributed by atoms with Gasteiger partial charge in [-0.1, -0.05) is 0 Å². The van der Waals surface area contributed by atoms with Crippen molar-refractivity contribution in [2.75, 3.05) is 30.3 Å². The molecule has 1 fully saturated rings. The highest BCUT2D eigenvalue weighted by Crippen LogP contribution is 2.31. The minimum atomic E-state index is 0.104. The summed E-state index contributed by atoms with van der Waals surface area (Å²) in [5.41, 5.74) is 7.98. The number of pyridine rings is 1. The maximum absolute atomic E-state index is 12.8. The van der Waals surface area contributed by atoms with Gasteiger partial charge in [0.25, 0.3) is 5.91 Å². The van der Waals surface area contributed by atoms with Crippen molar-refractivity contribution in [1.29, 1.82) is 0 Å². The van der Waals surface area contributed by atoms with Crippen molar-refractivity contribution in [3.8, 4) is 0 Å². The molecular weight excluding hydrogens is 322 g/mol. The first-order chi connectivity index (χ1) is 11.7. The fourth-order valence-electron chi connectivity index (χ4n) is 3.35. The highest BCUT2D eigenvalue weighted by Gasteiger charge is 2.26. The molecule has 126 valence electrons. The largest absolute Gasteiger partial charge is 0.346 e. The molecule has 1 saturated heterocycles. The molecule has 0 bridgehead atoms. The second-order valence-electron chi connectivity index (χ2n) is 6.26. The van der Waals surface area contributed by atoms with Gasteiger partial charge in [0, 0.05) is 55.4 Å². The second-order valence-corrected chi connectivity index (χ2v) is 7.40. The van der Waals surface area contributed by atoms with Gasteiger partial charge in [0.15, 0.2) is 0 Å². The minimum Gasteiger partial charge on any atom is -0.346 e.